The van der Waals surface area contributed by atoms with E-state index in [2.05, 4.69) is 20.9 Å². The third-order valence-corrected chi connectivity index (χ3v) is 5.49. The fourth-order valence-corrected chi connectivity index (χ4v) is 3.40. The number of guanidine groups is 1. The molecule has 0 bridgehead atoms. The van der Waals surface area contributed by atoms with Gasteiger partial charge in [-0.15, -0.1) is 0 Å². The maximum absolute atomic E-state index is 12.9. The van der Waals surface area contributed by atoms with Gasteiger partial charge in [0.15, 0.2) is 5.96 Å². The summed E-state index contributed by atoms with van der Waals surface area (Å²) in [7, 11) is 0. The van der Waals surface area contributed by atoms with Gasteiger partial charge in [-0.3, -0.25) is 29.0 Å². The summed E-state index contributed by atoms with van der Waals surface area (Å²) in [5.41, 5.74) is 21.2. The van der Waals surface area contributed by atoms with Crippen molar-refractivity contribution in [3.63, 3.8) is 0 Å². The number of primary amides is 1. The number of thioether (sulfide) groups is 1. The first kappa shape index (κ1) is 33.4. The predicted octanol–water partition coefficient (Wildman–Crippen LogP) is -3.60. The molecule has 16 nitrogen and oxygen atoms in total. The normalized spacial score (nSPS) is 13.8. The van der Waals surface area contributed by atoms with Crippen LogP contribution in [-0.4, -0.2) is 94.5 Å². The molecule has 0 aliphatic carbocycles. The van der Waals surface area contributed by atoms with E-state index in [1.807, 2.05) is 0 Å². The van der Waals surface area contributed by atoms with E-state index in [0.29, 0.717) is 5.75 Å². The molecule has 13 N–H and O–H groups in total. The lowest BCUT2D eigenvalue weighted by molar-refractivity contribution is -0.142. The third kappa shape index (κ3) is 15.2. The van der Waals surface area contributed by atoms with Gasteiger partial charge in [0.05, 0.1) is 12.5 Å². The highest BCUT2D eigenvalue weighted by Crippen LogP contribution is 2.06. The van der Waals surface area contributed by atoms with E-state index in [4.69, 9.17) is 28.0 Å². The molecule has 0 radical (unpaired) electrons. The molecular weight excluding hydrogens is 512 g/mol. The van der Waals surface area contributed by atoms with Crippen molar-refractivity contribution in [1.82, 2.24) is 16.0 Å². The van der Waals surface area contributed by atoms with Crippen LogP contribution in [-0.2, 0) is 28.8 Å². The minimum atomic E-state index is -1.41. The molecular formula is C20H36N8O8S. The minimum Gasteiger partial charge on any atom is -0.481 e. The topological polar surface area (TPSA) is 295 Å². The number of hydrogen-bond donors (Lipinski definition) is 9. The fourth-order valence-electron chi connectivity index (χ4n) is 2.93. The average Bonchev–Trinajstić information content (AvgIpc) is 2.79. The molecule has 0 aromatic carbocycles. The predicted molar refractivity (Wildman–Crippen MR) is 135 cm³/mol. The molecule has 17 heteroatoms. The zero-order chi connectivity index (χ0) is 28.5. The maximum Gasteiger partial charge on any atom is 0.326 e. The average molecular weight is 549 g/mol. The zero-order valence-electron chi connectivity index (χ0n) is 20.5. The van der Waals surface area contributed by atoms with E-state index in [-0.39, 0.29) is 44.6 Å². The first-order valence-corrected chi connectivity index (χ1v) is 12.6. The van der Waals surface area contributed by atoms with Crippen LogP contribution in [0.2, 0.25) is 0 Å². The number of aliphatic imine (C=N–C) groups is 1. The third-order valence-electron chi connectivity index (χ3n) is 4.85. The monoisotopic (exact) mass is 548 g/mol. The highest BCUT2D eigenvalue weighted by molar-refractivity contribution is 7.98. The van der Waals surface area contributed by atoms with Crippen LogP contribution < -0.4 is 38.9 Å². The van der Waals surface area contributed by atoms with E-state index >= 15 is 0 Å². The lowest BCUT2D eigenvalue weighted by atomic mass is 10.1. The summed E-state index contributed by atoms with van der Waals surface area (Å²) in [6.07, 6.45) is 0.878. The van der Waals surface area contributed by atoms with Crippen LogP contribution in [0.5, 0.6) is 0 Å². The number of rotatable bonds is 19. The van der Waals surface area contributed by atoms with Crippen molar-refractivity contribution < 1.29 is 39.0 Å². The summed E-state index contributed by atoms with van der Waals surface area (Å²) in [4.78, 5) is 75.5. The van der Waals surface area contributed by atoms with Crippen molar-refractivity contribution in [2.24, 2.45) is 27.9 Å². The number of nitrogens with one attached hydrogen (secondary N) is 3. The molecule has 0 fully saturated rings. The van der Waals surface area contributed by atoms with E-state index < -0.39 is 66.2 Å². The Hall–Kier alpha value is -3.60. The molecule has 37 heavy (non-hydrogen) atoms. The van der Waals surface area contributed by atoms with E-state index in [1.165, 1.54) is 11.8 Å². The number of carboxylic acid groups (broad SMARTS) is 2. The number of amides is 4. The van der Waals surface area contributed by atoms with Gasteiger partial charge >= 0.3 is 11.9 Å². The van der Waals surface area contributed by atoms with Gasteiger partial charge in [0.2, 0.25) is 23.6 Å². The Morgan fingerprint density at radius 3 is 1.86 bits per heavy atom. The first-order chi connectivity index (χ1) is 17.3. The molecule has 4 atom stereocenters. The Morgan fingerprint density at radius 1 is 0.838 bits per heavy atom. The number of nitrogens with zero attached hydrogens (tertiary/aromatic N) is 1. The van der Waals surface area contributed by atoms with Gasteiger partial charge in [0.25, 0.3) is 0 Å². The second-order valence-corrected chi connectivity index (χ2v) is 8.95. The molecule has 0 aliphatic heterocycles. The number of carboxylic acids is 2. The fraction of sp³-hybridized carbons (Fsp3) is 0.650. The van der Waals surface area contributed by atoms with E-state index in [1.54, 1.807) is 6.26 Å². The Balaban J connectivity index is 5.53. The summed E-state index contributed by atoms with van der Waals surface area (Å²) >= 11 is 1.37. The smallest absolute Gasteiger partial charge is 0.326 e. The van der Waals surface area contributed by atoms with Crippen LogP contribution in [0.1, 0.15) is 38.5 Å². The summed E-state index contributed by atoms with van der Waals surface area (Å²) in [5, 5.41) is 25.3. The Bertz CT molecular complexity index is 852. The minimum absolute atomic E-state index is 0.0256. The summed E-state index contributed by atoms with van der Waals surface area (Å²) in [6.45, 7) is 0.130. The van der Waals surface area contributed by atoms with Crippen molar-refractivity contribution in [1.29, 1.82) is 0 Å². The Labute approximate surface area is 217 Å². The van der Waals surface area contributed by atoms with Crippen LogP contribution in [0.3, 0.4) is 0 Å². The van der Waals surface area contributed by atoms with Gasteiger partial charge in [0.1, 0.15) is 18.1 Å². The highest BCUT2D eigenvalue weighted by atomic mass is 32.2. The van der Waals surface area contributed by atoms with Crippen molar-refractivity contribution in [3.8, 4) is 0 Å². The number of aliphatic carboxylic acids is 2. The van der Waals surface area contributed by atoms with Crippen molar-refractivity contribution in [2.75, 3.05) is 18.6 Å². The number of hydrogen-bond acceptors (Lipinski definition) is 9. The van der Waals surface area contributed by atoms with Crippen molar-refractivity contribution in [3.05, 3.63) is 0 Å². The van der Waals surface area contributed by atoms with Crippen LogP contribution in [0.25, 0.3) is 0 Å². The molecule has 0 heterocycles. The number of carbonyl (C=O) groups excluding carboxylic acids is 4. The van der Waals surface area contributed by atoms with Crippen molar-refractivity contribution in [2.45, 2.75) is 62.7 Å². The van der Waals surface area contributed by atoms with Gasteiger partial charge in [-0.05, 0) is 37.7 Å². The van der Waals surface area contributed by atoms with Gasteiger partial charge in [-0.25, -0.2) is 4.79 Å². The second-order valence-electron chi connectivity index (χ2n) is 7.96. The number of nitrogens with two attached hydrogens (primary N) is 4. The summed E-state index contributed by atoms with van der Waals surface area (Å²) in [6, 6.07) is -5.29. The summed E-state index contributed by atoms with van der Waals surface area (Å²) < 4.78 is 0. The maximum atomic E-state index is 12.9. The molecule has 0 aromatic heterocycles. The van der Waals surface area contributed by atoms with E-state index in [0.717, 1.165) is 0 Å². The molecule has 0 aliphatic rings. The first-order valence-electron chi connectivity index (χ1n) is 11.2. The lowest BCUT2D eigenvalue weighted by Gasteiger charge is -2.25. The van der Waals surface area contributed by atoms with Gasteiger partial charge in [0, 0.05) is 13.0 Å². The molecule has 4 unspecified atom stereocenters. The standard InChI is InChI=1S/C20H36N8O8S/c1-37-8-6-12(26-16(32)10(21)9-15(30)31)18(34)27-11(4-5-14(22)29)17(33)28-13(19(35)36)3-2-7-25-20(23)24/h10-13H,2-9,21H2,1H3,(H2,22,29)(H,26,32)(H,27,34)(H,28,33)(H,30,31)(H,35,36)(H4,23,24,25). The summed E-state index contributed by atoms with van der Waals surface area (Å²) in [5.74, 6) is -5.73. The SMILES string of the molecule is CSCCC(NC(=O)C(N)CC(=O)O)C(=O)NC(CCC(N)=O)C(=O)NC(CCCN=C(N)N)C(=O)O. The Morgan fingerprint density at radius 2 is 1.38 bits per heavy atom. The lowest BCUT2D eigenvalue weighted by Crippen LogP contribution is -2.57. The molecule has 0 saturated carbocycles. The Kier molecular flexibility index (Phi) is 16.0. The molecule has 210 valence electrons. The van der Waals surface area contributed by atoms with Gasteiger partial charge in [-0.1, -0.05) is 0 Å². The highest BCUT2D eigenvalue weighted by Gasteiger charge is 2.30. The molecule has 0 saturated heterocycles. The van der Waals surface area contributed by atoms with Crippen LogP contribution in [0.4, 0.5) is 0 Å². The quantitative estimate of drug-likeness (QED) is 0.0429. The van der Waals surface area contributed by atoms with Gasteiger partial charge < -0.3 is 49.1 Å². The molecule has 4 amide bonds. The van der Waals surface area contributed by atoms with Gasteiger partial charge in [-0.2, -0.15) is 11.8 Å². The molecule has 0 aromatic rings. The van der Waals surface area contributed by atoms with Crippen LogP contribution >= 0.6 is 11.8 Å². The second kappa shape index (κ2) is 17.8. The van der Waals surface area contributed by atoms with E-state index in [9.17, 15) is 33.9 Å². The van der Waals surface area contributed by atoms with Crippen molar-refractivity contribution >= 4 is 53.3 Å². The van der Waals surface area contributed by atoms with Crippen LogP contribution in [0.15, 0.2) is 4.99 Å². The van der Waals surface area contributed by atoms with Crippen LogP contribution in [0, 0.1) is 0 Å². The zero-order valence-corrected chi connectivity index (χ0v) is 21.3. The molecule has 0 spiro atoms. The largest absolute Gasteiger partial charge is 0.481 e. The number of carbonyl (C=O) groups is 6. The molecule has 0 rings (SSSR count).